The van der Waals surface area contributed by atoms with Gasteiger partial charge >= 0.3 is 0 Å². The fourth-order valence-electron chi connectivity index (χ4n) is 3.28. The smallest absolute Gasteiger partial charge is 0.152 e. The third kappa shape index (κ3) is 2.04. The molecule has 2 heterocycles. The van der Waals surface area contributed by atoms with Crippen LogP contribution in [0.3, 0.4) is 0 Å². The van der Waals surface area contributed by atoms with E-state index in [2.05, 4.69) is 45.9 Å². The Labute approximate surface area is 138 Å². The molecule has 116 valence electrons. The summed E-state index contributed by atoms with van der Waals surface area (Å²) in [7, 11) is 0. The van der Waals surface area contributed by atoms with Crippen molar-refractivity contribution in [2.24, 2.45) is 10.2 Å². The van der Waals surface area contributed by atoms with E-state index in [0.717, 1.165) is 33.1 Å². The Kier molecular flexibility index (Phi) is 2.96. The van der Waals surface area contributed by atoms with Crippen molar-refractivity contribution in [3.63, 3.8) is 0 Å². The summed E-state index contributed by atoms with van der Waals surface area (Å²) < 4.78 is 6.10. The first-order chi connectivity index (χ1) is 11.9. The van der Waals surface area contributed by atoms with E-state index in [1.54, 1.807) is 0 Å². The quantitative estimate of drug-likeness (QED) is 0.543. The van der Waals surface area contributed by atoms with E-state index >= 15 is 0 Å². The van der Waals surface area contributed by atoms with Crippen molar-refractivity contribution in [1.82, 2.24) is 5.32 Å². The van der Waals surface area contributed by atoms with Crippen LogP contribution >= 0.6 is 0 Å². The average Bonchev–Trinajstić information content (AvgIpc) is 3.27. The fourth-order valence-corrected chi connectivity index (χ4v) is 3.28. The zero-order valence-corrected chi connectivity index (χ0v) is 12.9. The van der Waals surface area contributed by atoms with Gasteiger partial charge in [-0.1, -0.05) is 66.7 Å². The molecule has 24 heavy (non-hydrogen) atoms. The van der Waals surface area contributed by atoms with Crippen molar-refractivity contribution in [2.75, 3.05) is 0 Å². The second kappa shape index (κ2) is 5.28. The third-order valence-electron chi connectivity index (χ3n) is 4.46. The normalized spacial score (nSPS) is 20.2. The van der Waals surface area contributed by atoms with Gasteiger partial charge in [-0.25, -0.2) is 0 Å². The summed E-state index contributed by atoms with van der Waals surface area (Å²) in [5.74, 6) is 0. The number of hydrogen-bond donors (Lipinski definition) is 1. The van der Waals surface area contributed by atoms with Crippen LogP contribution in [-0.2, 0) is 0 Å². The summed E-state index contributed by atoms with van der Waals surface area (Å²) in [5.41, 5.74) is 3.91. The first kappa shape index (κ1) is 13.5. The molecule has 0 saturated carbocycles. The zero-order chi connectivity index (χ0) is 15.9. The van der Waals surface area contributed by atoms with Gasteiger partial charge in [-0.3, -0.25) is 5.32 Å². The lowest BCUT2D eigenvalue weighted by Gasteiger charge is -2.11. The van der Waals surface area contributed by atoms with Crippen LogP contribution in [0.15, 0.2) is 87.4 Å². The molecule has 1 aromatic heterocycles. The Morgan fingerprint density at radius 2 is 1.46 bits per heavy atom. The lowest BCUT2D eigenvalue weighted by atomic mass is 10.1. The molecule has 2 unspecified atom stereocenters. The average molecular weight is 313 g/mol. The number of furan rings is 1. The number of fused-ring (bicyclic) bond motifs is 3. The summed E-state index contributed by atoms with van der Waals surface area (Å²) in [5, 5.41) is 14.5. The molecule has 0 radical (unpaired) electrons. The van der Waals surface area contributed by atoms with Gasteiger partial charge in [0.05, 0.1) is 0 Å². The highest BCUT2D eigenvalue weighted by Crippen LogP contribution is 2.36. The monoisotopic (exact) mass is 313 g/mol. The second-order valence-electron chi connectivity index (χ2n) is 5.94. The number of azo groups is 1. The molecule has 4 heteroatoms. The van der Waals surface area contributed by atoms with Crippen LogP contribution in [0.1, 0.15) is 23.5 Å². The minimum Gasteiger partial charge on any atom is -0.456 e. The first-order valence-electron chi connectivity index (χ1n) is 8.01. The van der Waals surface area contributed by atoms with Crippen molar-refractivity contribution < 1.29 is 4.42 Å². The van der Waals surface area contributed by atoms with E-state index in [4.69, 9.17) is 4.42 Å². The van der Waals surface area contributed by atoms with E-state index < -0.39 is 0 Å². The van der Waals surface area contributed by atoms with Gasteiger partial charge in [-0.2, -0.15) is 10.2 Å². The van der Waals surface area contributed by atoms with Crippen LogP contribution in [0.25, 0.3) is 21.9 Å². The minimum atomic E-state index is -0.195. The van der Waals surface area contributed by atoms with Gasteiger partial charge < -0.3 is 4.42 Å². The molecular formula is C20H15N3O. The Balaban J connectivity index is 1.57. The largest absolute Gasteiger partial charge is 0.456 e. The molecular weight excluding hydrogens is 298 g/mol. The van der Waals surface area contributed by atoms with E-state index in [0.29, 0.717) is 0 Å². The first-order valence-corrected chi connectivity index (χ1v) is 8.01. The van der Waals surface area contributed by atoms with Crippen LogP contribution in [0.4, 0.5) is 0 Å². The number of para-hydroxylation sites is 2. The maximum atomic E-state index is 6.10. The van der Waals surface area contributed by atoms with Crippen LogP contribution in [0.2, 0.25) is 0 Å². The van der Waals surface area contributed by atoms with Gasteiger partial charge in [0.1, 0.15) is 17.3 Å². The SMILES string of the molecule is c1ccc(C2N=NC(c3cccc4c3oc3ccccc34)N2)cc1. The van der Waals surface area contributed by atoms with Crippen LogP contribution in [0, 0.1) is 0 Å². The zero-order valence-electron chi connectivity index (χ0n) is 12.9. The number of hydrogen-bond acceptors (Lipinski definition) is 4. The molecule has 5 rings (SSSR count). The number of benzene rings is 3. The van der Waals surface area contributed by atoms with Gasteiger partial charge in [-0.15, -0.1) is 0 Å². The van der Waals surface area contributed by atoms with E-state index in [1.807, 2.05) is 42.5 Å². The highest BCUT2D eigenvalue weighted by atomic mass is 16.3. The number of nitrogens with one attached hydrogen (secondary N) is 1. The molecule has 1 N–H and O–H groups in total. The van der Waals surface area contributed by atoms with E-state index in [9.17, 15) is 0 Å². The molecule has 4 aromatic rings. The molecule has 1 aliphatic heterocycles. The third-order valence-corrected chi connectivity index (χ3v) is 4.46. The molecule has 3 aromatic carbocycles. The Morgan fingerprint density at radius 3 is 2.38 bits per heavy atom. The van der Waals surface area contributed by atoms with Crippen molar-refractivity contribution in [3.05, 3.63) is 83.9 Å². The van der Waals surface area contributed by atoms with Crippen molar-refractivity contribution >= 4 is 21.9 Å². The van der Waals surface area contributed by atoms with Crippen molar-refractivity contribution in [3.8, 4) is 0 Å². The van der Waals surface area contributed by atoms with Gasteiger partial charge in [-0.05, 0) is 11.6 Å². The maximum absolute atomic E-state index is 6.10. The Bertz CT molecular complexity index is 1050. The number of rotatable bonds is 2. The summed E-state index contributed by atoms with van der Waals surface area (Å²) in [4.78, 5) is 0. The highest BCUT2D eigenvalue weighted by Gasteiger charge is 2.26. The Hall–Kier alpha value is -2.98. The van der Waals surface area contributed by atoms with Gasteiger partial charge in [0.25, 0.3) is 0 Å². The molecule has 0 fully saturated rings. The summed E-state index contributed by atoms with van der Waals surface area (Å²) in [6, 6.07) is 24.4. The molecule has 0 spiro atoms. The molecule has 0 amide bonds. The standard InChI is InChI=1S/C20H15N3O/c1-2-7-13(8-3-1)19-21-20(23-22-19)16-11-6-10-15-14-9-4-5-12-17(14)24-18(15)16/h1-12,19-21H. The lowest BCUT2D eigenvalue weighted by molar-refractivity contribution is 0.546. The van der Waals surface area contributed by atoms with E-state index in [1.165, 1.54) is 0 Å². The lowest BCUT2D eigenvalue weighted by Crippen LogP contribution is -2.18. The van der Waals surface area contributed by atoms with Crippen LogP contribution in [0.5, 0.6) is 0 Å². The minimum absolute atomic E-state index is 0.115. The molecule has 2 atom stereocenters. The maximum Gasteiger partial charge on any atom is 0.152 e. The van der Waals surface area contributed by atoms with Crippen molar-refractivity contribution in [2.45, 2.75) is 12.3 Å². The van der Waals surface area contributed by atoms with E-state index in [-0.39, 0.29) is 12.3 Å². The predicted octanol–water partition coefficient (Wildman–Crippen LogP) is 5.34. The summed E-state index contributed by atoms with van der Waals surface area (Å²) in [6.45, 7) is 0. The van der Waals surface area contributed by atoms with Crippen LogP contribution in [-0.4, -0.2) is 0 Å². The summed E-state index contributed by atoms with van der Waals surface area (Å²) in [6.07, 6.45) is -0.310. The van der Waals surface area contributed by atoms with Crippen molar-refractivity contribution in [1.29, 1.82) is 0 Å². The molecule has 0 aliphatic carbocycles. The summed E-state index contributed by atoms with van der Waals surface area (Å²) >= 11 is 0. The van der Waals surface area contributed by atoms with Crippen LogP contribution < -0.4 is 5.32 Å². The predicted molar refractivity (Wildman–Crippen MR) is 93.6 cm³/mol. The highest BCUT2D eigenvalue weighted by molar-refractivity contribution is 6.05. The van der Waals surface area contributed by atoms with Gasteiger partial charge in [0.15, 0.2) is 6.17 Å². The number of nitrogens with zero attached hydrogens (tertiary/aromatic N) is 2. The second-order valence-corrected chi connectivity index (χ2v) is 5.94. The molecule has 0 bridgehead atoms. The topological polar surface area (TPSA) is 49.9 Å². The molecule has 1 aliphatic rings. The van der Waals surface area contributed by atoms with Gasteiger partial charge in [0, 0.05) is 16.3 Å². The van der Waals surface area contributed by atoms with Gasteiger partial charge in [0.2, 0.25) is 0 Å². The fraction of sp³-hybridized carbons (Fsp3) is 0.100. The Morgan fingerprint density at radius 1 is 0.708 bits per heavy atom. The molecule has 0 saturated heterocycles. The molecule has 4 nitrogen and oxygen atoms in total.